The third kappa shape index (κ3) is 3.68. The largest absolute Gasteiger partial charge is 0.389 e. The molecule has 5 heteroatoms. The van der Waals surface area contributed by atoms with Gasteiger partial charge in [0.2, 0.25) is 0 Å². The maximum atomic E-state index is 5.67. The second kappa shape index (κ2) is 6.20. The van der Waals surface area contributed by atoms with E-state index in [4.69, 9.17) is 18.0 Å². The Hall–Kier alpha value is -0.650. The van der Waals surface area contributed by atoms with Gasteiger partial charge in [0.05, 0.1) is 0 Å². The lowest BCUT2D eigenvalue weighted by Gasteiger charge is -2.23. The lowest BCUT2D eigenvalue weighted by Crippen LogP contribution is -2.27. The number of benzene rings is 1. The SMILES string of the molecule is CN1CCC(CN(C)c2ccc(C(N)=S)c(Br)c2)C1. The first-order valence-corrected chi connectivity index (χ1v) is 7.66. The molecule has 1 unspecified atom stereocenters. The van der Waals surface area contributed by atoms with Crippen LogP contribution >= 0.6 is 28.1 Å². The Kier molecular flexibility index (Phi) is 4.81. The normalized spacial score (nSPS) is 19.6. The Balaban J connectivity index is 2.05. The number of nitrogens with two attached hydrogens (primary N) is 1. The number of rotatable bonds is 4. The van der Waals surface area contributed by atoms with Crippen LogP contribution in [0.15, 0.2) is 22.7 Å². The molecule has 104 valence electrons. The highest BCUT2D eigenvalue weighted by Crippen LogP contribution is 2.25. The zero-order valence-corrected chi connectivity index (χ0v) is 13.8. The van der Waals surface area contributed by atoms with Crippen LogP contribution in [-0.2, 0) is 0 Å². The number of thiocarbonyl (C=S) groups is 1. The van der Waals surface area contributed by atoms with E-state index in [-0.39, 0.29) is 0 Å². The quantitative estimate of drug-likeness (QED) is 0.852. The van der Waals surface area contributed by atoms with Crippen molar-refractivity contribution in [3.05, 3.63) is 28.2 Å². The first-order chi connectivity index (χ1) is 8.97. The molecule has 0 amide bonds. The average Bonchev–Trinajstić information content (AvgIpc) is 2.74. The van der Waals surface area contributed by atoms with Gasteiger partial charge in [0.1, 0.15) is 4.99 Å². The molecule has 0 aliphatic carbocycles. The Labute approximate surface area is 128 Å². The third-order valence-corrected chi connectivity index (χ3v) is 4.56. The fourth-order valence-electron chi connectivity index (χ4n) is 2.61. The van der Waals surface area contributed by atoms with Gasteiger partial charge < -0.3 is 15.5 Å². The Morgan fingerprint density at radius 2 is 2.32 bits per heavy atom. The van der Waals surface area contributed by atoms with Crippen molar-refractivity contribution in [1.29, 1.82) is 0 Å². The topological polar surface area (TPSA) is 32.5 Å². The van der Waals surface area contributed by atoms with E-state index in [1.54, 1.807) is 0 Å². The van der Waals surface area contributed by atoms with Crippen molar-refractivity contribution < 1.29 is 0 Å². The molecule has 3 nitrogen and oxygen atoms in total. The fraction of sp³-hybridized carbons (Fsp3) is 0.500. The van der Waals surface area contributed by atoms with Gasteiger partial charge in [-0.15, -0.1) is 0 Å². The molecule has 1 fully saturated rings. The molecule has 19 heavy (non-hydrogen) atoms. The van der Waals surface area contributed by atoms with E-state index in [0.29, 0.717) is 4.99 Å². The van der Waals surface area contributed by atoms with E-state index in [9.17, 15) is 0 Å². The van der Waals surface area contributed by atoms with Crippen LogP contribution in [0, 0.1) is 5.92 Å². The molecular weight excluding hydrogens is 322 g/mol. The smallest absolute Gasteiger partial charge is 0.105 e. The molecule has 2 rings (SSSR count). The summed E-state index contributed by atoms with van der Waals surface area (Å²) in [7, 11) is 4.33. The van der Waals surface area contributed by atoms with Gasteiger partial charge in [-0.05, 0) is 60.1 Å². The average molecular weight is 342 g/mol. The lowest BCUT2D eigenvalue weighted by atomic mass is 10.1. The van der Waals surface area contributed by atoms with Gasteiger partial charge in [0, 0.05) is 35.9 Å². The standard InChI is InChI=1S/C14H20BrN3S/c1-17-6-5-10(8-17)9-18(2)11-3-4-12(14(16)19)13(15)7-11/h3-4,7,10H,5-6,8-9H2,1-2H3,(H2,16,19). The lowest BCUT2D eigenvalue weighted by molar-refractivity contribution is 0.396. The van der Waals surface area contributed by atoms with Gasteiger partial charge in [-0.25, -0.2) is 0 Å². The molecular formula is C14H20BrN3S. The Morgan fingerprint density at radius 1 is 1.58 bits per heavy atom. The van der Waals surface area contributed by atoms with Crippen LogP contribution in [0.4, 0.5) is 5.69 Å². The summed E-state index contributed by atoms with van der Waals surface area (Å²) >= 11 is 8.55. The maximum Gasteiger partial charge on any atom is 0.105 e. The molecule has 1 aromatic carbocycles. The van der Waals surface area contributed by atoms with Crippen LogP contribution in [0.25, 0.3) is 0 Å². The minimum absolute atomic E-state index is 0.429. The third-order valence-electron chi connectivity index (χ3n) is 3.68. The number of halogens is 1. The summed E-state index contributed by atoms with van der Waals surface area (Å²) in [6.07, 6.45) is 1.28. The van der Waals surface area contributed by atoms with Crippen LogP contribution in [0.5, 0.6) is 0 Å². The Morgan fingerprint density at radius 3 is 2.84 bits per heavy atom. The highest BCUT2D eigenvalue weighted by atomic mass is 79.9. The van der Waals surface area contributed by atoms with E-state index in [0.717, 1.165) is 22.5 Å². The van der Waals surface area contributed by atoms with Gasteiger partial charge in [-0.2, -0.15) is 0 Å². The van der Waals surface area contributed by atoms with Crippen molar-refractivity contribution in [3.8, 4) is 0 Å². The molecule has 0 radical (unpaired) electrons. The van der Waals surface area contributed by atoms with Crippen LogP contribution in [-0.4, -0.2) is 43.6 Å². The number of anilines is 1. The fourth-order valence-corrected chi connectivity index (χ4v) is 3.50. The summed E-state index contributed by atoms with van der Waals surface area (Å²) in [5.41, 5.74) is 7.76. The zero-order chi connectivity index (χ0) is 14.0. The summed E-state index contributed by atoms with van der Waals surface area (Å²) in [4.78, 5) is 5.13. The Bertz CT molecular complexity index is 478. The van der Waals surface area contributed by atoms with E-state index >= 15 is 0 Å². The van der Waals surface area contributed by atoms with Crippen LogP contribution in [0.3, 0.4) is 0 Å². The second-order valence-electron chi connectivity index (χ2n) is 5.33. The molecule has 1 atom stereocenters. The zero-order valence-electron chi connectivity index (χ0n) is 11.4. The van der Waals surface area contributed by atoms with Crippen LogP contribution in [0.1, 0.15) is 12.0 Å². The van der Waals surface area contributed by atoms with Gasteiger partial charge in [0.15, 0.2) is 0 Å². The molecule has 1 aromatic rings. The summed E-state index contributed by atoms with van der Waals surface area (Å²) in [5.74, 6) is 0.754. The first kappa shape index (κ1) is 14.8. The van der Waals surface area contributed by atoms with Crippen molar-refractivity contribution in [1.82, 2.24) is 4.90 Å². The summed E-state index contributed by atoms with van der Waals surface area (Å²) in [6.45, 7) is 3.49. The summed E-state index contributed by atoms with van der Waals surface area (Å²) in [5, 5.41) is 0. The molecule has 0 spiro atoms. The van der Waals surface area contributed by atoms with E-state index in [2.05, 4.69) is 52.0 Å². The molecule has 0 bridgehead atoms. The van der Waals surface area contributed by atoms with E-state index in [1.165, 1.54) is 25.2 Å². The van der Waals surface area contributed by atoms with Crippen LogP contribution in [0.2, 0.25) is 0 Å². The highest BCUT2D eigenvalue weighted by Gasteiger charge is 2.21. The van der Waals surface area contributed by atoms with Crippen molar-refractivity contribution in [2.45, 2.75) is 6.42 Å². The molecule has 1 aliphatic rings. The minimum Gasteiger partial charge on any atom is -0.389 e. The highest BCUT2D eigenvalue weighted by molar-refractivity contribution is 9.10. The molecule has 1 saturated heterocycles. The predicted molar refractivity (Wildman–Crippen MR) is 88.9 cm³/mol. The predicted octanol–water partition coefficient (Wildman–Crippen LogP) is 2.47. The summed E-state index contributed by atoms with van der Waals surface area (Å²) < 4.78 is 0.966. The number of hydrogen-bond acceptors (Lipinski definition) is 3. The van der Waals surface area contributed by atoms with Gasteiger partial charge in [-0.1, -0.05) is 12.2 Å². The minimum atomic E-state index is 0.429. The molecule has 1 heterocycles. The maximum absolute atomic E-state index is 5.67. The van der Waals surface area contributed by atoms with Gasteiger partial charge in [0.25, 0.3) is 0 Å². The second-order valence-corrected chi connectivity index (χ2v) is 6.62. The number of likely N-dealkylation sites (tertiary alicyclic amines) is 1. The van der Waals surface area contributed by atoms with Crippen molar-refractivity contribution in [2.24, 2.45) is 11.7 Å². The van der Waals surface area contributed by atoms with Crippen molar-refractivity contribution in [3.63, 3.8) is 0 Å². The molecule has 0 aromatic heterocycles. The number of nitrogens with zero attached hydrogens (tertiary/aromatic N) is 2. The molecule has 2 N–H and O–H groups in total. The van der Waals surface area contributed by atoms with Crippen molar-refractivity contribution in [2.75, 3.05) is 38.6 Å². The molecule has 0 saturated carbocycles. The molecule has 1 aliphatic heterocycles. The van der Waals surface area contributed by atoms with Crippen molar-refractivity contribution >= 4 is 38.8 Å². The number of hydrogen-bond donors (Lipinski definition) is 1. The van der Waals surface area contributed by atoms with Crippen LogP contribution < -0.4 is 10.6 Å². The van der Waals surface area contributed by atoms with Gasteiger partial charge >= 0.3 is 0 Å². The summed E-state index contributed by atoms with van der Waals surface area (Å²) in [6, 6.07) is 6.16. The van der Waals surface area contributed by atoms with Gasteiger partial charge in [-0.3, -0.25) is 0 Å². The first-order valence-electron chi connectivity index (χ1n) is 6.46. The van der Waals surface area contributed by atoms with E-state index in [1.807, 2.05) is 6.07 Å². The monoisotopic (exact) mass is 341 g/mol. The van der Waals surface area contributed by atoms with E-state index < -0.39 is 0 Å².